The standard InChI is InChI=1S/C19H24N2O4S/c1-4-15(2)20-19(22)14-21(16-9-8-10-17(13-16)25-3)26(23,24)18-11-6-5-7-12-18/h5-13,15H,4,14H2,1-3H3,(H,20,22). The average Bonchev–Trinajstić information content (AvgIpc) is 2.66. The minimum absolute atomic E-state index is 0.0333. The largest absolute Gasteiger partial charge is 0.497 e. The summed E-state index contributed by atoms with van der Waals surface area (Å²) in [5.41, 5.74) is 0.368. The quantitative estimate of drug-likeness (QED) is 0.769. The van der Waals surface area contributed by atoms with Crippen LogP contribution in [0.15, 0.2) is 59.5 Å². The van der Waals surface area contributed by atoms with Crippen LogP contribution in [0.25, 0.3) is 0 Å². The van der Waals surface area contributed by atoms with Gasteiger partial charge in [0.1, 0.15) is 12.3 Å². The summed E-state index contributed by atoms with van der Waals surface area (Å²) in [6.07, 6.45) is 0.760. The molecule has 0 saturated carbocycles. The Bertz CT molecular complexity index is 838. The van der Waals surface area contributed by atoms with Crippen molar-refractivity contribution in [2.24, 2.45) is 0 Å². The maximum atomic E-state index is 13.1. The van der Waals surface area contributed by atoms with Crippen LogP contribution < -0.4 is 14.4 Å². The molecule has 0 aliphatic heterocycles. The SMILES string of the molecule is CCC(C)NC(=O)CN(c1cccc(OC)c1)S(=O)(=O)c1ccccc1. The molecule has 0 saturated heterocycles. The first-order chi connectivity index (χ1) is 12.4. The number of rotatable bonds is 8. The molecule has 0 aliphatic carbocycles. The molecule has 0 bridgehead atoms. The summed E-state index contributed by atoms with van der Waals surface area (Å²) in [5.74, 6) is 0.153. The van der Waals surface area contributed by atoms with Crippen LogP contribution in [0.5, 0.6) is 5.75 Å². The van der Waals surface area contributed by atoms with E-state index in [-0.39, 0.29) is 23.4 Å². The molecule has 2 aromatic carbocycles. The van der Waals surface area contributed by atoms with Crippen molar-refractivity contribution in [3.8, 4) is 5.75 Å². The molecule has 1 N–H and O–H groups in total. The molecule has 7 heteroatoms. The number of nitrogens with zero attached hydrogens (tertiary/aromatic N) is 1. The molecule has 0 heterocycles. The Balaban J connectivity index is 2.43. The van der Waals surface area contributed by atoms with Crippen molar-refractivity contribution in [2.45, 2.75) is 31.2 Å². The average molecular weight is 376 g/mol. The minimum Gasteiger partial charge on any atom is -0.497 e. The Kier molecular flexibility index (Phi) is 6.63. The van der Waals surface area contributed by atoms with Crippen LogP contribution in [-0.2, 0) is 14.8 Å². The van der Waals surface area contributed by atoms with Crippen LogP contribution in [0.1, 0.15) is 20.3 Å². The van der Waals surface area contributed by atoms with E-state index in [1.165, 1.54) is 19.2 Å². The van der Waals surface area contributed by atoms with Crippen molar-refractivity contribution in [3.05, 3.63) is 54.6 Å². The van der Waals surface area contributed by atoms with Crippen molar-refractivity contribution in [1.82, 2.24) is 5.32 Å². The second kappa shape index (κ2) is 8.71. The molecule has 6 nitrogen and oxygen atoms in total. The zero-order valence-electron chi connectivity index (χ0n) is 15.2. The van der Waals surface area contributed by atoms with E-state index in [1.807, 2.05) is 13.8 Å². The van der Waals surface area contributed by atoms with E-state index in [2.05, 4.69) is 5.32 Å². The lowest BCUT2D eigenvalue weighted by Gasteiger charge is -2.25. The predicted molar refractivity (Wildman–Crippen MR) is 102 cm³/mol. The first-order valence-corrected chi connectivity index (χ1v) is 9.83. The molecule has 0 radical (unpaired) electrons. The Morgan fingerprint density at radius 2 is 1.85 bits per heavy atom. The molecule has 2 rings (SSSR count). The van der Waals surface area contributed by atoms with Gasteiger partial charge in [-0.1, -0.05) is 31.2 Å². The van der Waals surface area contributed by atoms with Crippen molar-refractivity contribution in [3.63, 3.8) is 0 Å². The number of amides is 1. The van der Waals surface area contributed by atoms with Crippen molar-refractivity contribution in [1.29, 1.82) is 0 Å². The summed E-state index contributed by atoms with van der Waals surface area (Å²) in [7, 11) is -2.39. The highest BCUT2D eigenvalue weighted by Crippen LogP contribution is 2.26. The van der Waals surface area contributed by atoms with E-state index in [0.29, 0.717) is 11.4 Å². The number of anilines is 1. The second-order valence-electron chi connectivity index (χ2n) is 5.90. The highest BCUT2D eigenvalue weighted by atomic mass is 32.2. The Hall–Kier alpha value is -2.54. The van der Waals surface area contributed by atoms with Gasteiger partial charge in [0.05, 0.1) is 17.7 Å². The van der Waals surface area contributed by atoms with Gasteiger partial charge in [-0.3, -0.25) is 9.10 Å². The van der Waals surface area contributed by atoms with Crippen LogP contribution in [-0.4, -0.2) is 34.0 Å². The summed E-state index contributed by atoms with van der Waals surface area (Å²) in [4.78, 5) is 12.5. The number of hydrogen-bond donors (Lipinski definition) is 1. The van der Waals surface area contributed by atoms with Crippen LogP contribution >= 0.6 is 0 Å². The lowest BCUT2D eigenvalue weighted by molar-refractivity contribution is -0.120. The molecule has 1 atom stereocenters. The number of hydrogen-bond acceptors (Lipinski definition) is 4. The third-order valence-electron chi connectivity index (χ3n) is 3.98. The molecule has 26 heavy (non-hydrogen) atoms. The number of ether oxygens (including phenoxy) is 1. The number of carbonyl (C=O) groups is 1. The monoisotopic (exact) mass is 376 g/mol. The fraction of sp³-hybridized carbons (Fsp3) is 0.316. The van der Waals surface area contributed by atoms with Gasteiger partial charge in [0.2, 0.25) is 5.91 Å². The van der Waals surface area contributed by atoms with E-state index in [4.69, 9.17) is 4.74 Å². The van der Waals surface area contributed by atoms with Gasteiger partial charge in [-0.25, -0.2) is 8.42 Å². The minimum atomic E-state index is -3.90. The topological polar surface area (TPSA) is 75.7 Å². The van der Waals surface area contributed by atoms with Gasteiger partial charge < -0.3 is 10.1 Å². The first kappa shape index (κ1) is 19.8. The normalized spacial score (nSPS) is 12.3. The molecule has 0 spiro atoms. The van der Waals surface area contributed by atoms with Gasteiger partial charge in [0.25, 0.3) is 10.0 Å². The summed E-state index contributed by atoms with van der Waals surface area (Å²) >= 11 is 0. The number of sulfonamides is 1. The summed E-state index contributed by atoms with van der Waals surface area (Å²) in [6.45, 7) is 3.51. The van der Waals surface area contributed by atoms with Gasteiger partial charge >= 0.3 is 0 Å². The van der Waals surface area contributed by atoms with Gasteiger partial charge in [-0.2, -0.15) is 0 Å². The molecule has 0 aliphatic rings. The fourth-order valence-corrected chi connectivity index (χ4v) is 3.79. The van der Waals surface area contributed by atoms with Gasteiger partial charge in [-0.05, 0) is 37.6 Å². The highest BCUT2D eigenvalue weighted by Gasteiger charge is 2.27. The van der Waals surface area contributed by atoms with Gasteiger partial charge in [0.15, 0.2) is 0 Å². The van der Waals surface area contributed by atoms with E-state index in [1.54, 1.807) is 42.5 Å². The lowest BCUT2D eigenvalue weighted by Crippen LogP contribution is -2.43. The predicted octanol–water partition coefficient (Wildman–Crippen LogP) is 2.81. The van der Waals surface area contributed by atoms with Gasteiger partial charge in [0, 0.05) is 12.1 Å². The summed E-state index contributed by atoms with van der Waals surface area (Å²) in [6, 6.07) is 14.7. The molecule has 2 aromatic rings. The molecule has 0 fully saturated rings. The van der Waals surface area contributed by atoms with Crippen LogP contribution in [0.4, 0.5) is 5.69 Å². The number of methoxy groups -OCH3 is 1. The molecule has 140 valence electrons. The molecular weight excluding hydrogens is 352 g/mol. The maximum absolute atomic E-state index is 13.1. The third kappa shape index (κ3) is 4.76. The third-order valence-corrected chi connectivity index (χ3v) is 5.77. The van der Waals surface area contributed by atoms with Crippen LogP contribution in [0.2, 0.25) is 0 Å². The molecular formula is C19H24N2O4S. The first-order valence-electron chi connectivity index (χ1n) is 8.39. The van der Waals surface area contributed by atoms with E-state index >= 15 is 0 Å². The van der Waals surface area contributed by atoms with E-state index in [9.17, 15) is 13.2 Å². The maximum Gasteiger partial charge on any atom is 0.264 e. The molecule has 1 amide bonds. The van der Waals surface area contributed by atoms with Gasteiger partial charge in [-0.15, -0.1) is 0 Å². The summed E-state index contributed by atoms with van der Waals surface area (Å²) in [5, 5.41) is 2.81. The van der Waals surface area contributed by atoms with Crippen LogP contribution in [0, 0.1) is 0 Å². The Labute approximate surface area is 154 Å². The highest BCUT2D eigenvalue weighted by molar-refractivity contribution is 7.92. The Morgan fingerprint density at radius 1 is 1.15 bits per heavy atom. The fourth-order valence-electron chi connectivity index (χ4n) is 2.35. The number of carbonyl (C=O) groups excluding carboxylic acids is 1. The van der Waals surface area contributed by atoms with Crippen molar-refractivity contribution in [2.75, 3.05) is 18.0 Å². The number of nitrogens with one attached hydrogen (secondary N) is 1. The summed E-state index contributed by atoms with van der Waals surface area (Å²) < 4.78 is 32.5. The van der Waals surface area contributed by atoms with Crippen LogP contribution in [0.3, 0.4) is 0 Å². The van der Waals surface area contributed by atoms with Crippen molar-refractivity contribution < 1.29 is 17.9 Å². The zero-order valence-corrected chi connectivity index (χ0v) is 16.0. The smallest absolute Gasteiger partial charge is 0.264 e. The lowest BCUT2D eigenvalue weighted by atomic mass is 10.2. The zero-order chi connectivity index (χ0) is 19.2. The number of benzene rings is 2. The van der Waals surface area contributed by atoms with E-state index < -0.39 is 10.0 Å². The Morgan fingerprint density at radius 3 is 2.46 bits per heavy atom. The molecule has 0 aromatic heterocycles. The molecule has 1 unspecified atom stereocenters. The second-order valence-corrected chi connectivity index (χ2v) is 7.77. The van der Waals surface area contributed by atoms with E-state index in [0.717, 1.165) is 10.7 Å². The van der Waals surface area contributed by atoms with Crippen molar-refractivity contribution >= 4 is 21.6 Å².